The zero-order chi connectivity index (χ0) is 16.9. The Morgan fingerprint density at radius 3 is 2.38 bits per heavy atom. The number of hydrogen-bond donors (Lipinski definition) is 1. The van der Waals surface area contributed by atoms with Gasteiger partial charge < -0.3 is 14.9 Å². The summed E-state index contributed by atoms with van der Waals surface area (Å²) in [5, 5.41) is 10.4. The zero-order valence-electron chi connectivity index (χ0n) is 14.0. The minimum Gasteiger partial charge on any atom is -0.388 e. The number of carbonyl (C=O) groups excluding carboxylic acids is 1. The van der Waals surface area contributed by atoms with Crippen molar-refractivity contribution in [1.82, 2.24) is 9.80 Å². The van der Waals surface area contributed by atoms with Crippen LogP contribution in [0.2, 0.25) is 0 Å². The molecule has 1 fully saturated rings. The molecule has 4 heteroatoms. The van der Waals surface area contributed by atoms with Gasteiger partial charge in [-0.15, -0.1) is 0 Å². The second kappa shape index (κ2) is 7.60. The molecule has 1 heterocycles. The minimum atomic E-state index is -0.755. The highest BCUT2D eigenvalue weighted by molar-refractivity contribution is 5.77. The Bertz CT molecular complexity index is 660. The SMILES string of the molecule is CN1CCN(C(=O)CC(O)c2ccccc2)C(c2ccccc2)C1. The van der Waals surface area contributed by atoms with Gasteiger partial charge >= 0.3 is 0 Å². The number of rotatable bonds is 4. The number of likely N-dealkylation sites (N-methyl/N-ethyl adjacent to an activating group) is 1. The Morgan fingerprint density at radius 1 is 1.08 bits per heavy atom. The summed E-state index contributed by atoms with van der Waals surface area (Å²) >= 11 is 0. The number of amides is 1. The summed E-state index contributed by atoms with van der Waals surface area (Å²) in [6.07, 6.45) is -0.633. The van der Waals surface area contributed by atoms with Gasteiger partial charge in [-0.25, -0.2) is 0 Å². The molecular weight excluding hydrogens is 300 g/mol. The predicted octanol–water partition coefficient (Wildman–Crippen LogP) is 2.63. The maximum absolute atomic E-state index is 12.8. The van der Waals surface area contributed by atoms with E-state index in [1.54, 1.807) is 0 Å². The number of benzene rings is 2. The van der Waals surface area contributed by atoms with Crippen LogP contribution in [0.25, 0.3) is 0 Å². The standard InChI is InChI=1S/C20H24N2O2/c1-21-12-13-22(18(15-21)16-8-4-2-5-9-16)20(24)14-19(23)17-10-6-3-7-11-17/h2-11,18-19,23H,12-15H2,1H3. The third-order valence-corrected chi connectivity index (χ3v) is 4.64. The Hall–Kier alpha value is -2.17. The van der Waals surface area contributed by atoms with Crippen LogP contribution in [-0.2, 0) is 4.79 Å². The second-order valence-corrected chi connectivity index (χ2v) is 6.41. The Labute approximate surface area is 143 Å². The topological polar surface area (TPSA) is 43.8 Å². The molecule has 2 atom stereocenters. The molecule has 2 unspecified atom stereocenters. The smallest absolute Gasteiger partial charge is 0.226 e. The van der Waals surface area contributed by atoms with E-state index in [-0.39, 0.29) is 18.4 Å². The monoisotopic (exact) mass is 324 g/mol. The average Bonchev–Trinajstić information content (AvgIpc) is 2.63. The summed E-state index contributed by atoms with van der Waals surface area (Å²) in [7, 11) is 2.08. The zero-order valence-corrected chi connectivity index (χ0v) is 14.0. The summed E-state index contributed by atoms with van der Waals surface area (Å²) in [5.74, 6) is 0.00769. The van der Waals surface area contributed by atoms with Crippen LogP contribution in [0.15, 0.2) is 60.7 Å². The van der Waals surface area contributed by atoms with Crippen molar-refractivity contribution in [3.05, 3.63) is 71.8 Å². The molecule has 3 rings (SSSR count). The van der Waals surface area contributed by atoms with E-state index >= 15 is 0 Å². The molecule has 2 aromatic rings. The molecule has 0 bridgehead atoms. The molecule has 4 nitrogen and oxygen atoms in total. The van der Waals surface area contributed by atoms with E-state index in [0.29, 0.717) is 6.54 Å². The molecule has 0 spiro atoms. The van der Waals surface area contributed by atoms with Crippen molar-refractivity contribution in [3.8, 4) is 0 Å². The molecule has 1 aliphatic heterocycles. The van der Waals surface area contributed by atoms with Crippen LogP contribution >= 0.6 is 0 Å². The van der Waals surface area contributed by atoms with Crippen LogP contribution < -0.4 is 0 Å². The Kier molecular flexibility index (Phi) is 5.28. The van der Waals surface area contributed by atoms with Crippen molar-refractivity contribution in [3.63, 3.8) is 0 Å². The highest BCUT2D eigenvalue weighted by atomic mass is 16.3. The Balaban J connectivity index is 1.74. The molecule has 1 amide bonds. The fourth-order valence-electron chi connectivity index (χ4n) is 3.25. The summed E-state index contributed by atoms with van der Waals surface area (Å²) < 4.78 is 0. The lowest BCUT2D eigenvalue weighted by atomic mass is 10.0. The molecule has 1 N–H and O–H groups in total. The van der Waals surface area contributed by atoms with Crippen molar-refractivity contribution >= 4 is 5.91 Å². The molecule has 2 aromatic carbocycles. The van der Waals surface area contributed by atoms with Crippen LogP contribution in [0.1, 0.15) is 29.7 Å². The molecular formula is C20H24N2O2. The molecule has 126 valence electrons. The lowest BCUT2D eigenvalue weighted by Gasteiger charge is -2.40. The molecule has 1 aliphatic rings. The van der Waals surface area contributed by atoms with Gasteiger partial charge in [0, 0.05) is 19.6 Å². The molecule has 0 saturated carbocycles. The second-order valence-electron chi connectivity index (χ2n) is 6.41. The van der Waals surface area contributed by atoms with Crippen molar-refractivity contribution < 1.29 is 9.90 Å². The van der Waals surface area contributed by atoms with E-state index in [0.717, 1.165) is 24.2 Å². The first-order valence-electron chi connectivity index (χ1n) is 8.41. The molecule has 0 aromatic heterocycles. The van der Waals surface area contributed by atoms with Crippen molar-refractivity contribution in [1.29, 1.82) is 0 Å². The van der Waals surface area contributed by atoms with Gasteiger partial charge in [-0.2, -0.15) is 0 Å². The number of nitrogens with zero attached hydrogens (tertiary/aromatic N) is 2. The van der Waals surface area contributed by atoms with Gasteiger partial charge in [0.25, 0.3) is 0 Å². The predicted molar refractivity (Wildman–Crippen MR) is 94.4 cm³/mol. The van der Waals surface area contributed by atoms with Crippen molar-refractivity contribution in [2.75, 3.05) is 26.7 Å². The third-order valence-electron chi connectivity index (χ3n) is 4.64. The number of piperazine rings is 1. The highest BCUT2D eigenvalue weighted by Crippen LogP contribution is 2.27. The first-order valence-corrected chi connectivity index (χ1v) is 8.41. The van der Waals surface area contributed by atoms with E-state index in [1.807, 2.05) is 53.4 Å². The number of aliphatic hydroxyl groups is 1. The maximum Gasteiger partial charge on any atom is 0.226 e. The Morgan fingerprint density at radius 2 is 1.71 bits per heavy atom. The lowest BCUT2D eigenvalue weighted by molar-refractivity contribution is -0.138. The van der Waals surface area contributed by atoms with Crippen molar-refractivity contribution in [2.45, 2.75) is 18.6 Å². The highest BCUT2D eigenvalue weighted by Gasteiger charge is 2.31. The van der Waals surface area contributed by atoms with Crippen LogP contribution in [0.3, 0.4) is 0 Å². The first kappa shape index (κ1) is 16.7. The maximum atomic E-state index is 12.8. The van der Waals surface area contributed by atoms with Crippen LogP contribution in [-0.4, -0.2) is 47.5 Å². The summed E-state index contributed by atoms with van der Waals surface area (Å²) in [6, 6.07) is 19.6. The van der Waals surface area contributed by atoms with Crippen LogP contribution in [0, 0.1) is 0 Å². The normalized spacial score (nSPS) is 19.9. The number of carbonyl (C=O) groups is 1. The fourth-order valence-corrected chi connectivity index (χ4v) is 3.25. The first-order chi connectivity index (χ1) is 11.6. The van der Waals surface area contributed by atoms with Gasteiger partial charge in [-0.05, 0) is 18.2 Å². The lowest BCUT2D eigenvalue weighted by Crippen LogP contribution is -2.49. The van der Waals surface area contributed by atoms with Crippen LogP contribution in [0.5, 0.6) is 0 Å². The molecule has 0 aliphatic carbocycles. The van der Waals surface area contributed by atoms with Gasteiger partial charge in [0.05, 0.1) is 18.6 Å². The summed E-state index contributed by atoms with van der Waals surface area (Å²) in [5.41, 5.74) is 1.93. The van der Waals surface area contributed by atoms with Gasteiger partial charge in [0.15, 0.2) is 0 Å². The van der Waals surface area contributed by atoms with Gasteiger partial charge in [-0.3, -0.25) is 4.79 Å². The third kappa shape index (κ3) is 3.83. The quantitative estimate of drug-likeness (QED) is 0.940. The summed E-state index contributed by atoms with van der Waals surface area (Å²) in [4.78, 5) is 17.0. The van der Waals surface area contributed by atoms with E-state index in [4.69, 9.17) is 0 Å². The van der Waals surface area contributed by atoms with E-state index in [2.05, 4.69) is 24.1 Å². The molecule has 24 heavy (non-hydrogen) atoms. The van der Waals surface area contributed by atoms with Gasteiger partial charge in [0.1, 0.15) is 0 Å². The van der Waals surface area contributed by atoms with Gasteiger partial charge in [0.2, 0.25) is 5.91 Å². The van der Waals surface area contributed by atoms with E-state index in [9.17, 15) is 9.90 Å². The minimum absolute atomic E-state index is 0.00769. The van der Waals surface area contributed by atoms with Gasteiger partial charge in [-0.1, -0.05) is 60.7 Å². The van der Waals surface area contributed by atoms with Crippen molar-refractivity contribution in [2.24, 2.45) is 0 Å². The fraction of sp³-hybridized carbons (Fsp3) is 0.350. The number of aliphatic hydroxyl groups excluding tert-OH is 1. The van der Waals surface area contributed by atoms with E-state index in [1.165, 1.54) is 0 Å². The molecule has 0 radical (unpaired) electrons. The van der Waals surface area contributed by atoms with E-state index < -0.39 is 6.10 Å². The average molecular weight is 324 g/mol. The van der Waals surface area contributed by atoms with Crippen LogP contribution in [0.4, 0.5) is 0 Å². The number of hydrogen-bond acceptors (Lipinski definition) is 3. The largest absolute Gasteiger partial charge is 0.388 e. The summed E-state index contributed by atoms with van der Waals surface area (Å²) in [6.45, 7) is 2.37. The molecule has 1 saturated heterocycles.